The van der Waals surface area contributed by atoms with Gasteiger partial charge in [-0.25, -0.2) is 19.2 Å². The molecule has 0 spiro atoms. The summed E-state index contributed by atoms with van der Waals surface area (Å²) in [7, 11) is 0. The second kappa shape index (κ2) is 27.7. The van der Waals surface area contributed by atoms with Gasteiger partial charge in [-0.15, -0.1) is 0 Å². The van der Waals surface area contributed by atoms with Crippen LogP contribution in [0.3, 0.4) is 0 Å². The summed E-state index contributed by atoms with van der Waals surface area (Å²) in [5, 5.41) is 16.5. The molecule has 0 aromatic carbocycles. The molecule has 1 unspecified atom stereocenters. The number of carbonyl (C=O) groups excluding carboxylic acids is 2. The van der Waals surface area contributed by atoms with Crippen LogP contribution in [0.2, 0.25) is 8.87 Å². The first kappa shape index (κ1) is 36.3. The first-order valence-corrected chi connectivity index (χ1v) is 17.2. The van der Waals surface area contributed by atoms with E-state index in [1.807, 2.05) is 0 Å². The summed E-state index contributed by atoms with van der Waals surface area (Å²) >= 11 is 0.0736. The Balaban J connectivity index is 0. The van der Waals surface area contributed by atoms with Crippen LogP contribution in [0.25, 0.3) is 0 Å². The molecule has 0 aliphatic heterocycles. The van der Waals surface area contributed by atoms with Crippen molar-refractivity contribution >= 4 is 45.0 Å². The molecule has 0 saturated heterocycles. The van der Waals surface area contributed by atoms with Gasteiger partial charge in [-0.1, -0.05) is 0 Å². The standard InChI is InChI=1S/C11H12O8.2C8H17.Sn/c1-7(19-11(17)5-3-9(14)15)6-18-10(16)4-2-8(12)13;2*1-3-5-7-8-6-4-2;/h2-5,7H,6H2,1H3,(H,12,13)(H,14,15);2*1,3-8H2,2H3;/b4-2-,5-3-;;;. The molecule has 2 radical (unpaired) electrons. The van der Waals surface area contributed by atoms with Gasteiger partial charge in [0, 0.05) is 24.3 Å². The number of ether oxygens (including phenoxy) is 2. The van der Waals surface area contributed by atoms with Gasteiger partial charge in [0.05, 0.1) is 0 Å². The molecular formula is C27H46O8Sn. The van der Waals surface area contributed by atoms with E-state index in [0.717, 1.165) is 0 Å². The van der Waals surface area contributed by atoms with Gasteiger partial charge in [0.1, 0.15) is 12.7 Å². The molecule has 36 heavy (non-hydrogen) atoms. The van der Waals surface area contributed by atoms with Gasteiger partial charge in [0.25, 0.3) is 0 Å². The van der Waals surface area contributed by atoms with Gasteiger partial charge in [-0.05, 0) is 6.92 Å². The molecule has 0 saturated carbocycles. The second-order valence-electron chi connectivity index (χ2n) is 8.51. The van der Waals surface area contributed by atoms with E-state index >= 15 is 0 Å². The molecule has 0 aliphatic carbocycles. The van der Waals surface area contributed by atoms with E-state index in [9.17, 15) is 19.2 Å². The third-order valence-electron chi connectivity index (χ3n) is 4.92. The molecule has 8 nitrogen and oxygen atoms in total. The van der Waals surface area contributed by atoms with Crippen molar-refractivity contribution in [2.24, 2.45) is 0 Å². The Kier molecular flexibility index (Phi) is 28.0. The van der Waals surface area contributed by atoms with Gasteiger partial charge < -0.3 is 19.7 Å². The van der Waals surface area contributed by atoms with E-state index in [2.05, 4.69) is 23.3 Å². The Morgan fingerprint density at radius 2 is 1.08 bits per heavy atom. The van der Waals surface area contributed by atoms with Crippen LogP contribution in [0.4, 0.5) is 0 Å². The fourth-order valence-electron chi connectivity index (χ4n) is 2.98. The minimum atomic E-state index is -1.30. The zero-order valence-corrected chi connectivity index (χ0v) is 25.2. The Morgan fingerprint density at radius 3 is 1.53 bits per heavy atom. The van der Waals surface area contributed by atoms with E-state index in [1.54, 1.807) is 21.7 Å². The van der Waals surface area contributed by atoms with Crippen molar-refractivity contribution in [2.75, 3.05) is 6.61 Å². The summed E-state index contributed by atoms with van der Waals surface area (Å²) in [4.78, 5) is 42.2. The van der Waals surface area contributed by atoms with Crippen LogP contribution < -0.4 is 0 Å². The SMILES string of the molecule is CC(COC(=O)/C=C\C(=O)O)OC(=O)/C=C\C(=O)O.CCCCCCC[CH2][Sn][CH2]CCCCCCC. The zero-order valence-electron chi connectivity index (χ0n) is 22.3. The van der Waals surface area contributed by atoms with Crippen LogP contribution in [0.15, 0.2) is 24.3 Å². The van der Waals surface area contributed by atoms with E-state index in [4.69, 9.17) is 10.2 Å². The van der Waals surface area contributed by atoms with Crippen molar-refractivity contribution in [3.8, 4) is 0 Å². The minimum absolute atomic E-state index is 0.0736. The predicted molar refractivity (Wildman–Crippen MR) is 142 cm³/mol. The number of esters is 2. The molecule has 9 heteroatoms. The fraction of sp³-hybridized carbons (Fsp3) is 0.704. The first-order valence-electron chi connectivity index (χ1n) is 13.1. The zero-order chi connectivity index (χ0) is 27.4. The topological polar surface area (TPSA) is 127 Å². The summed E-state index contributed by atoms with van der Waals surface area (Å²) in [5.74, 6) is -4.39. The van der Waals surface area contributed by atoms with E-state index in [0.29, 0.717) is 24.3 Å². The number of carbonyl (C=O) groups is 4. The van der Waals surface area contributed by atoms with Gasteiger partial charge in [0.15, 0.2) is 0 Å². The summed E-state index contributed by atoms with van der Waals surface area (Å²) in [5.41, 5.74) is 0. The molecule has 0 fully saturated rings. The Labute approximate surface area is 227 Å². The summed E-state index contributed by atoms with van der Waals surface area (Å²) < 4.78 is 12.6. The summed E-state index contributed by atoms with van der Waals surface area (Å²) in [6.45, 7) is 5.74. The number of unbranched alkanes of at least 4 members (excludes halogenated alkanes) is 10. The van der Waals surface area contributed by atoms with Gasteiger partial charge in [0.2, 0.25) is 0 Å². The van der Waals surface area contributed by atoms with E-state index in [-0.39, 0.29) is 27.7 Å². The Morgan fingerprint density at radius 1 is 0.667 bits per heavy atom. The summed E-state index contributed by atoms with van der Waals surface area (Å²) in [6.07, 6.45) is 19.7. The number of aliphatic carboxylic acids is 2. The van der Waals surface area contributed by atoms with Crippen LogP contribution in [0.5, 0.6) is 0 Å². The van der Waals surface area contributed by atoms with Gasteiger partial charge in [-0.2, -0.15) is 0 Å². The molecule has 206 valence electrons. The van der Waals surface area contributed by atoms with Crippen molar-refractivity contribution in [1.29, 1.82) is 0 Å². The Hall–Kier alpha value is -1.84. The molecule has 0 aliphatic rings. The first-order chi connectivity index (χ1) is 17.2. The van der Waals surface area contributed by atoms with E-state index < -0.39 is 30.0 Å². The maximum absolute atomic E-state index is 11.0. The van der Waals surface area contributed by atoms with Crippen molar-refractivity contribution in [3.63, 3.8) is 0 Å². The normalized spacial score (nSPS) is 11.6. The van der Waals surface area contributed by atoms with Crippen LogP contribution in [0.1, 0.15) is 97.8 Å². The molecule has 0 heterocycles. The Bertz CT molecular complexity index is 632. The third kappa shape index (κ3) is 32.2. The average molecular weight is 617 g/mol. The van der Waals surface area contributed by atoms with Crippen molar-refractivity contribution in [3.05, 3.63) is 24.3 Å². The maximum atomic E-state index is 11.0. The van der Waals surface area contributed by atoms with Crippen molar-refractivity contribution in [2.45, 2.75) is 113 Å². The quantitative estimate of drug-likeness (QED) is 0.0696. The molecule has 1 atom stereocenters. The fourth-order valence-corrected chi connectivity index (χ4v) is 6.55. The third-order valence-corrected chi connectivity index (χ3v) is 8.95. The molecule has 2 N–H and O–H groups in total. The van der Waals surface area contributed by atoms with Crippen LogP contribution >= 0.6 is 0 Å². The molecule has 0 aromatic heterocycles. The summed E-state index contributed by atoms with van der Waals surface area (Å²) in [6, 6.07) is 0. The number of rotatable bonds is 21. The predicted octanol–water partition coefficient (Wildman–Crippen LogP) is 5.99. The molecule has 0 bridgehead atoms. The van der Waals surface area contributed by atoms with Gasteiger partial charge in [-0.3, -0.25) is 0 Å². The number of carboxylic acid groups (broad SMARTS) is 2. The number of carboxylic acids is 2. The van der Waals surface area contributed by atoms with Crippen molar-refractivity contribution < 1.29 is 38.9 Å². The number of hydrogen-bond donors (Lipinski definition) is 2. The van der Waals surface area contributed by atoms with E-state index in [1.165, 1.54) is 71.1 Å². The second-order valence-corrected chi connectivity index (χ2v) is 12.8. The van der Waals surface area contributed by atoms with Crippen LogP contribution in [-0.2, 0) is 28.7 Å². The molecular weight excluding hydrogens is 571 g/mol. The van der Waals surface area contributed by atoms with Crippen LogP contribution in [-0.4, -0.2) is 67.9 Å². The molecule has 0 aromatic rings. The molecule has 0 rings (SSSR count). The van der Waals surface area contributed by atoms with Gasteiger partial charge >= 0.3 is 145 Å². The monoisotopic (exact) mass is 618 g/mol. The van der Waals surface area contributed by atoms with Crippen molar-refractivity contribution in [1.82, 2.24) is 0 Å². The number of hydrogen-bond acceptors (Lipinski definition) is 6. The average Bonchev–Trinajstić information content (AvgIpc) is 2.83. The van der Waals surface area contributed by atoms with Crippen LogP contribution in [0, 0.1) is 0 Å². The molecule has 0 amide bonds.